The van der Waals surface area contributed by atoms with Crippen LogP contribution in [0.3, 0.4) is 0 Å². The summed E-state index contributed by atoms with van der Waals surface area (Å²) in [6.07, 6.45) is 2.84. The van der Waals surface area contributed by atoms with Gasteiger partial charge in [-0.05, 0) is 37.3 Å². The number of nitrogens with one attached hydrogen (secondary N) is 1. The third kappa shape index (κ3) is 5.07. The van der Waals surface area contributed by atoms with E-state index in [2.05, 4.69) is 20.1 Å². The van der Waals surface area contributed by atoms with Gasteiger partial charge in [-0.2, -0.15) is 0 Å². The number of fused-ring (bicyclic) bond motifs is 1. The number of amides is 2. The fourth-order valence-corrected chi connectivity index (χ4v) is 4.69. The summed E-state index contributed by atoms with van der Waals surface area (Å²) in [7, 11) is 1.83. The van der Waals surface area contributed by atoms with E-state index >= 15 is 0 Å². The number of likely N-dealkylation sites (tertiary alicyclic amines) is 1. The average molecular weight is 428 g/mol. The van der Waals surface area contributed by atoms with Crippen LogP contribution >= 0.6 is 0 Å². The Hall–Kier alpha value is -2.45. The number of imide groups is 1. The molecule has 0 spiro atoms. The van der Waals surface area contributed by atoms with Gasteiger partial charge in [0.15, 0.2) is 5.96 Å². The summed E-state index contributed by atoms with van der Waals surface area (Å²) in [4.78, 5) is 35.5. The van der Waals surface area contributed by atoms with Crippen molar-refractivity contribution in [2.24, 2.45) is 10.9 Å². The fraction of sp³-hybridized carbons (Fsp3) is 0.609. The van der Waals surface area contributed by atoms with Gasteiger partial charge in [0.2, 0.25) is 0 Å². The van der Waals surface area contributed by atoms with Gasteiger partial charge >= 0.3 is 0 Å². The molecule has 1 atom stereocenters. The maximum Gasteiger partial charge on any atom is 0.261 e. The molecule has 0 saturated carbocycles. The Labute approximate surface area is 184 Å². The topological polar surface area (TPSA) is 77.5 Å². The fourth-order valence-electron chi connectivity index (χ4n) is 4.69. The van der Waals surface area contributed by atoms with Gasteiger partial charge < -0.3 is 15.0 Å². The molecule has 4 rings (SSSR count). The number of rotatable bonds is 7. The minimum absolute atomic E-state index is 0.173. The van der Waals surface area contributed by atoms with E-state index in [0.717, 1.165) is 71.3 Å². The second kappa shape index (κ2) is 10.2. The van der Waals surface area contributed by atoms with Crippen LogP contribution in [-0.4, -0.2) is 98.5 Å². The summed E-state index contributed by atoms with van der Waals surface area (Å²) in [6.45, 7) is 8.21. The molecule has 3 heterocycles. The summed E-state index contributed by atoms with van der Waals surface area (Å²) >= 11 is 0. The molecule has 0 aliphatic carbocycles. The standard InChI is InChI=1S/C23H33N5O3/c1-24-23(27-11-8-18(17-27)16-26-12-14-31-15-13-26)25-9-4-5-10-28-21(29)19-6-2-3-7-20(19)22(28)30/h2-3,6-7,18H,4-5,8-17H2,1H3,(H,24,25). The molecule has 1 N–H and O–H groups in total. The van der Waals surface area contributed by atoms with Crippen molar-refractivity contribution in [3.8, 4) is 0 Å². The summed E-state index contributed by atoms with van der Waals surface area (Å²) in [5.41, 5.74) is 1.04. The van der Waals surface area contributed by atoms with Crippen LogP contribution < -0.4 is 5.32 Å². The molecule has 0 radical (unpaired) electrons. The summed E-state index contributed by atoms with van der Waals surface area (Å²) in [5, 5.41) is 3.45. The summed E-state index contributed by atoms with van der Waals surface area (Å²) in [5.74, 6) is 1.27. The summed E-state index contributed by atoms with van der Waals surface area (Å²) in [6, 6.07) is 7.05. The number of hydrogen-bond donors (Lipinski definition) is 1. The third-order valence-electron chi connectivity index (χ3n) is 6.39. The lowest BCUT2D eigenvalue weighted by atomic mass is 10.1. The number of morpholine rings is 1. The van der Waals surface area contributed by atoms with Crippen LogP contribution in [0.25, 0.3) is 0 Å². The van der Waals surface area contributed by atoms with Gasteiger partial charge in [-0.15, -0.1) is 0 Å². The number of carbonyl (C=O) groups excluding carboxylic acids is 2. The highest BCUT2D eigenvalue weighted by Crippen LogP contribution is 2.22. The molecule has 2 amide bonds. The Balaban J connectivity index is 1.16. The Morgan fingerprint density at radius 3 is 2.48 bits per heavy atom. The van der Waals surface area contributed by atoms with Crippen LogP contribution in [0.5, 0.6) is 0 Å². The molecule has 3 aliphatic heterocycles. The van der Waals surface area contributed by atoms with Crippen molar-refractivity contribution in [1.29, 1.82) is 0 Å². The number of nitrogens with zero attached hydrogens (tertiary/aromatic N) is 4. The molecule has 8 nitrogen and oxygen atoms in total. The molecule has 1 aromatic rings. The van der Waals surface area contributed by atoms with Gasteiger partial charge in [0.05, 0.1) is 24.3 Å². The number of ether oxygens (including phenoxy) is 1. The molecule has 0 aromatic heterocycles. The molecular formula is C23H33N5O3. The van der Waals surface area contributed by atoms with Crippen molar-refractivity contribution in [2.75, 3.05) is 66.1 Å². The van der Waals surface area contributed by atoms with Gasteiger partial charge in [-0.25, -0.2) is 0 Å². The largest absolute Gasteiger partial charge is 0.379 e. The Morgan fingerprint density at radius 1 is 1.10 bits per heavy atom. The monoisotopic (exact) mass is 427 g/mol. The number of aliphatic imine (C=N–C) groups is 1. The number of unbranched alkanes of at least 4 members (excludes halogenated alkanes) is 1. The van der Waals surface area contributed by atoms with Gasteiger partial charge in [0, 0.05) is 52.9 Å². The van der Waals surface area contributed by atoms with Crippen molar-refractivity contribution in [2.45, 2.75) is 19.3 Å². The highest BCUT2D eigenvalue weighted by Gasteiger charge is 2.34. The first-order valence-corrected chi connectivity index (χ1v) is 11.4. The number of guanidine groups is 1. The first kappa shape index (κ1) is 21.8. The highest BCUT2D eigenvalue weighted by atomic mass is 16.5. The molecule has 168 valence electrons. The maximum absolute atomic E-state index is 12.4. The van der Waals surface area contributed by atoms with Crippen molar-refractivity contribution >= 4 is 17.8 Å². The number of hydrogen-bond acceptors (Lipinski definition) is 5. The Bertz CT molecular complexity index is 786. The second-order valence-electron chi connectivity index (χ2n) is 8.50. The lowest BCUT2D eigenvalue weighted by Crippen LogP contribution is -2.42. The normalized spacial score (nSPS) is 22.4. The van der Waals surface area contributed by atoms with Crippen LogP contribution in [0.1, 0.15) is 40.0 Å². The van der Waals surface area contributed by atoms with Crippen molar-refractivity contribution in [3.63, 3.8) is 0 Å². The SMILES string of the molecule is CN=C(NCCCCN1C(=O)c2ccccc2C1=O)N1CCC(CN2CCOCC2)C1. The molecule has 3 aliphatic rings. The summed E-state index contributed by atoms with van der Waals surface area (Å²) < 4.78 is 5.44. The molecule has 2 fully saturated rings. The molecule has 31 heavy (non-hydrogen) atoms. The van der Waals surface area contributed by atoms with E-state index in [9.17, 15) is 9.59 Å². The minimum atomic E-state index is -0.173. The Morgan fingerprint density at radius 2 is 1.81 bits per heavy atom. The molecule has 1 aromatic carbocycles. The van der Waals surface area contributed by atoms with Crippen molar-refractivity contribution in [3.05, 3.63) is 35.4 Å². The average Bonchev–Trinajstić information content (AvgIpc) is 3.35. The van der Waals surface area contributed by atoms with E-state index in [-0.39, 0.29) is 11.8 Å². The second-order valence-corrected chi connectivity index (χ2v) is 8.50. The zero-order chi connectivity index (χ0) is 21.6. The first-order chi connectivity index (χ1) is 15.2. The van der Waals surface area contributed by atoms with Gasteiger partial charge in [0.1, 0.15) is 0 Å². The van der Waals surface area contributed by atoms with Crippen LogP contribution in [0.2, 0.25) is 0 Å². The zero-order valence-electron chi connectivity index (χ0n) is 18.4. The van der Waals surface area contributed by atoms with E-state index in [0.29, 0.717) is 23.6 Å². The van der Waals surface area contributed by atoms with Crippen LogP contribution in [0.4, 0.5) is 0 Å². The predicted octanol–water partition coefficient (Wildman–Crippen LogP) is 1.29. The van der Waals surface area contributed by atoms with Gasteiger partial charge in [-0.3, -0.25) is 24.4 Å². The third-order valence-corrected chi connectivity index (χ3v) is 6.39. The van der Waals surface area contributed by atoms with Crippen LogP contribution in [-0.2, 0) is 4.74 Å². The van der Waals surface area contributed by atoms with Gasteiger partial charge in [0.25, 0.3) is 11.8 Å². The van der Waals surface area contributed by atoms with E-state index in [1.165, 1.54) is 11.3 Å². The zero-order valence-corrected chi connectivity index (χ0v) is 18.4. The minimum Gasteiger partial charge on any atom is -0.379 e. The molecule has 8 heteroatoms. The lowest BCUT2D eigenvalue weighted by molar-refractivity contribution is 0.0315. The molecular weight excluding hydrogens is 394 g/mol. The maximum atomic E-state index is 12.4. The quantitative estimate of drug-likeness (QED) is 0.306. The van der Waals surface area contributed by atoms with E-state index in [1.54, 1.807) is 24.3 Å². The van der Waals surface area contributed by atoms with E-state index in [1.807, 2.05) is 7.05 Å². The number of benzene rings is 1. The van der Waals surface area contributed by atoms with Crippen LogP contribution in [0.15, 0.2) is 29.3 Å². The van der Waals surface area contributed by atoms with Crippen molar-refractivity contribution < 1.29 is 14.3 Å². The van der Waals surface area contributed by atoms with E-state index < -0.39 is 0 Å². The Kier molecular flexibility index (Phi) is 7.19. The van der Waals surface area contributed by atoms with E-state index in [4.69, 9.17) is 4.74 Å². The molecule has 0 bridgehead atoms. The highest BCUT2D eigenvalue weighted by molar-refractivity contribution is 6.21. The lowest BCUT2D eigenvalue weighted by Gasteiger charge is -2.29. The predicted molar refractivity (Wildman–Crippen MR) is 119 cm³/mol. The van der Waals surface area contributed by atoms with Crippen LogP contribution in [0, 0.1) is 5.92 Å². The molecule has 2 saturated heterocycles. The van der Waals surface area contributed by atoms with Gasteiger partial charge in [-0.1, -0.05) is 12.1 Å². The number of carbonyl (C=O) groups is 2. The molecule has 1 unspecified atom stereocenters. The van der Waals surface area contributed by atoms with Crippen molar-refractivity contribution in [1.82, 2.24) is 20.0 Å². The first-order valence-electron chi connectivity index (χ1n) is 11.4. The smallest absolute Gasteiger partial charge is 0.261 e.